The zero-order chi connectivity index (χ0) is 12.8. The topological polar surface area (TPSA) is 48.0 Å². The van der Waals surface area contributed by atoms with Crippen molar-refractivity contribution < 1.29 is 0 Å². The van der Waals surface area contributed by atoms with Crippen LogP contribution in [-0.4, -0.2) is 23.9 Å². The molecule has 0 aliphatic carbocycles. The van der Waals surface area contributed by atoms with Gasteiger partial charge in [-0.3, -0.25) is 4.98 Å². The molecule has 0 amide bonds. The van der Waals surface area contributed by atoms with E-state index in [0.29, 0.717) is 0 Å². The normalized spacial score (nSPS) is 11.4. The van der Waals surface area contributed by atoms with Crippen LogP contribution in [0.5, 0.6) is 0 Å². The van der Waals surface area contributed by atoms with E-state index in [0.717, 1.165) is 27.9 Å². The van der Waals surface area contributed by atoms with Gasteiger partial charge >= 0.3 is 0 Å². The van der Waals surface area contributed by atoms with Gasteiger partial charge in [-0.2, -0.15) is 0 Å². The van der Waals surface area contributed by atoms with Crippen molar-refractivity contribution in [1.29, 1.82) is 0 Å². The number of imidazole rings is 2. The number of aryl methyl sites for hydroxylation is 1. The lowest BCUT2D eigenvalue weighted by Gasteiger charge is -2.03. The molecule has 4 aromatic rings. The number of fused-ring (bicyclic) bond motifs is 2. The second-order valence-corrected chi connectivity index (χ2v) is 4.52. The van der Waals surface area contributed by atoms with Crippen LogP contribution in [0.4, 0.5) is 0 Å². The number of nitrogens with zero attached hydrogens (tertiary/aromatic N) is 5. The number of aromatic nitrogens is 5. The van der Waals surface area contributed by atoms with E-state index in [2.05, 4.69) is 21.0 Å². The van der Waals surface area contributed by atoms with Crippen LogP contribution >= 0.6 is 0 Å². The van der Waals surface area contributed by atoms with Crippen molar-refractivity contribution in [1.82, 2.24) is 23.9 Å². The summed E-state index contributed by atoms with van der Waals surface area (Å²) in [5, 5.41) is 0. The second-order valence-electron chi connectivity index (χ2n) is 4.52. The highest BCUT2D eigenvalue weighted by Crippen LogP contribution is 2.22. The molecule has 0 aliphatic rings. The predicted octanol–water partition coefficient (Wildman–Crippen LogP) is 2.28. The highest BCUT2D eigenvalue weighted by atomic mass is 15.0. The minimum atomic E-state index is 0.852. The molecule has 3 heterocycles. The molecule has 19 heavy (non-hydrogen) atoms. The molecule has 0 radical (unpaired) electrons. The lowest BCUT2D eigenvalue weighted by molar-refractivity contribution is 0.947. The van der Waals surface area contributed by atoms with Crippen molar-refractivity contribution in [2.45, 2.75) is 0 Å². The minimum absolute atomic E-state index is 0.852. The fourth-order valence-electron chi connectivity index (χ4n) is 2.26. The SMILES string of the molecule is Cn1cnc2ccc(-c3cn4ccnc4cn3)cc21. The Morgan fingerprint density at radius 3 is 3.00 bits per heavy atom. The zero-order valence-electron chi connectivity index (χ0n) is 10.4. The maximum Gasteiger partial charge on any atom is 0.155 e. The first-order valence-electron chi connectivity index (χ1n) is 6.01. The Kier molecular flexibility index (Phi) is 1.97. The molecule has 0 unspecified atom stereocenters. The summed E-state index contributed by atoms with van der Waals surface area (Å²) >= 11 is 0. The fraction of sp³-hybridized carbons (Fsp3) is 0.0714. The fourth-order valence-corrected chi connectivity index (χ4v) is 2.26. The summed E-state index contributed by atoms with van der Waals surface area (Å²) in [6.07, 6.45) is 9.28. The molecule has 0 bridgehead atoms. The zero-order valence-corrected chi connectivity index (χ0v) is 10.4. The Morgan fingerprint density at radius 1 is 1.11 bits per heavy atom. The number of benzene rings is 1. The Morgan fingerprint density at radius 2 is 2.05 bits per heavy atom. The summed E-state index contributed by atoms with van der Waals surface area (Å²) in [6, 6.07) is 6.16. The van der Waals surface area contributed by atoms with Gasteiger partial charge in [0.1, 0.15) is 0 Å². The van der Waals surface area contributed by atoms with Gasteiger partial charge in [0.25, 0.3) is 0 Å². The molecular weight excluding hydrogens is 238 g/mol. The molecule has 0 atom stereocenters. The molecule has 0 spiro atoms. The smallest absolute Gasteiger partial charge is 0.155 e. The third-order valence-electron chi connectivity index (χ3n) is 3.30. The van der Waals surface area contributed by atoms with Crippen LogP contribution in [0.15, 0.2) is 49.3 Å². The van der Waals surface area contributed by atoms with Gasteiger partial charge in [-0.1, -0.05) is 6.07 Å². The van der Waals surface area contributed by atoms with Gasteiger partial charge in [0, 0.05) is 31.2 Å². The Bertz CT molecular complexity index is 887. The third kappa shape index (κ3) is 1.52. The summed E-state index contributed by atoms with van der Waals surface area (Å²) in [7, 11) is 1.99. The van der Waals surface area contributed by atoms with Crippen LogP contribution in [0.25, 0.3) is 27.9 Å². The van der Waals surface area contributed by atoms with E-state index in [4.69, 9.17) is 0 Å². The molecule has 5 nitrogen and oxygen atoms in total. The molecule has 0 saturated carbocycles. The number of rotatable bonds is 1. The average Bonchev–Trinajstić information content (AvgIpc) is 3.05. The van der Waals surface area contributed by atoms with Crippen LogP contribution in [0.1, 0.15) is 0 Å². The Labute approximate surface area is 109 Å². The van der Waals surface area contributed by atoms with Crippen molar-refractivity contribution in [3.63, 3.8) is 0 Å². The lowest BCUT2D eigenvalue weighted by atomic mass is 10.1. The van der Waals surface area contributed by atoms with Crippen molar-refractivity contribution in [3.8, 4) is 11.3 Å². The quantitative estimate of drug-likeness (QED) is 0.520. The first kappa shape index (κ1) is 10.3. The molecule has 1 aromatic carbocycles. The molecule has 0 fully saturated rings. The molecule has 0 aliphatic heterocycles. The number of hydrogen-bond acceptors (Lipinski definition) is 3. The van der Waals surface area contributed by atoms with Gasteiger partial charge in [0.05, 0.1) is 29.3 Å². The van der Waals surface area contributed by atoms with Gasteiger partial charge in [-0.25, -0.2) is 9.97 Å². The van der Waals surface area contributed by atoms with Crippen LogP contribution in [0, 0.1) is 0 Å². The maximum absolute atomic E-state index is 4.46. The van der Waals surface area contributed by atoms with Gasteiger partial charge in [0.15, 0.2) is 5.65 Å². The molecule has 92 valence electrons. The van der Waals surface area contributed by atoms with Crippen molar-refractivity contribution in [2.75, 3.05) is 0 Å². The molecule has 0 N–H and O–H groups in total. The molecule has 0 saturated heterocycles. The predicted molar refractivity (Wildman–Crippen MR) is 72.7 cm³/mol. The van der Waals surface area contributed by atoms with E-state index in [9.17, 15) is 0 Å². The summed E-state index contributed by atoms with van der Waals surface area (Å²) < 4.78 is 3.98. The van der Waals surface area contributed by atoms with Crippen molar-refractivity contribution in [2.24, 2.45) is 7.05 Å². The highest BCUT2D eigenvalue weighted by molar-refractivity contribution is 5.81. The van der Waals surface area contributed by atoms with Crippen molar-refractivity contribution >= 4 is 16.7 Å². The summed E-state index contributed by atoms with van der Waals surface area (Å²) in [5.41, 5.74) is 4.95. The van der Waals surface area contributed by atoms with Gasteiger partial charge < -0.3 is 8.97 Å². The number of hydrogen-bond donors (Lipinski definition) is 0. The first-order valence-corrected chi connectivity index (χ1v) is 6.01. The third-order valence-corrected chi connectivity index (χ3v) is 3.30. The summed E-state index contributed by atoms with van der Waals surface area (Å²) in [5.74, 6) is 0. The van der Waals surface area contributed by atoms with Gasteiger partial charge in [0.2, 0.25) is 0 Å². The van der Waals surface area contributed by atoms with Crippen LogP contribution in [-0.2, 0) is 7.05 Å². The van der Waals surface area contributed by atoms with E-state index >= 15 is 0 Å². The van der Waals surface area contributed by atoms with Gasteiger partial charge in [-0.05, 0) is 12.1 Å². The Balaban J connectivity index is 1.94. The van der Waals surface area contributed by atoms with E-state index in [1.54, 1.807) is 12.4 Å². The lowest BCUT2D eigenvalue weighted by Crippen LogP contribution is -1.90. The van der Waals surface area contributed by atoms with Crippen LogP contribution < -0.4 is 0 Å². The molecule has 3 aromatic heterocycles. The van der Waals surface area contributed by atoms with Crippen LogP contribution in [0.3, 0.4) is 0 Å². The largest absolute Gasteiger partial charge is 0.334 e. The second kappa shape index (κ2) is 3.65. The standard InChI is InChI=1S/C14H11N5/c1-18-9-17-11-3-2-10(6-13(11)18)12-8-19-5-4-15-14(19)7-16-12/h2-9H,1H3. The van der Waals surface area contributed by atoms with E-state index in [-0.39, 0.29) is 0 Å². The molecule has 5 heteroatoms. The molecule has 4 rings (SSSR count). The van der Waals surface area contributed by atoms with E-state index in [1.165, 1.54) is 0 Å². The van der Waals surface area contributed by atoms with Crippen LogP contribution in [0.2, 0.25) is 0 Å². The van der Waals surface area contributed by atoms with Crippen molar-refractivity contribution in [3.05, 3.63) is 49.3 Å². The maximum atomic E-state index is 4.46. The minimum Gasteiger partial charge on any atom is -0.334 e. The summed E-state index contributed by atoms with van der Waals surface area (Å²) in [6.45, 7) is 0. The monoisotopic (exact) mass is 249 g/mol. The van der Waals surface area contributed by atoms with E-state index in [1.807, 2.05) is 46.9 Å². The average molecular weight is 249 g/mol. The highest BCUT2D eigenvalue weighted by Gasteiger charge is 2.05. The summed E-state index contributed by atoms with van der Waals surface area (Å²) in [4.78, 5) is 13.0. The molecular formula is C14H11N5. The first-order chi connectivity index (χ1) is 9.31. The Hall–Kier alpha value is -2.69. The van der Waals surface area contributed by atoms with Gasteiger partial charge in [-0.15, -0.1) is 0 Å². The van der Waals surface area contributed by atoms with E-state index < -0.39 is 0 Å².